The normalized spacial score (nSPS) is 11.8. The van der Waals surface area contributed by atoms with Gasteiger partial charge in [-0.15, -0.1) is 0 Å². The first-order chi connectivity index (χ1) is 10.4. The second-order valence-electron chi connectivity index (χ2n) is 4.77. The number of hydrogen-bond donors (Lipinski definition) is 0. The van der Waals surface area contributed by atoms with Gasteiger partial charge in [0.15, 0.2) is 5.65 Å². The van der Waals surface area contributed by atoms with Crippen molar-refractivity contribution in [2.24, 2.45) is 0 Å². The third-order valence-corrected chi connectivity index (χ3v) is 5.63. The summed E-state index contributed by atoms with van der Waals surface area (Å²) in [5.41, 5.74) is 0.937. The van der Waals surface area contributed by atoms with E-state index in [1.807, 2.05) is 6.07 Å². The lowest BCUT2D eigenvalue weighted by Gasteiger charge is -2.12. The van der Waals surface area contributed by atoms with Gasteiger partial charge in [0.1, 0.15) is 10.6 Å². The first-order valence-electron chi connectivity index (χ1n) is 6.47. The molecule has 0 fully saturated rings. The van der Waals surface area contributed by atoms with E-state index in [2.05, 4.69) is 4.98 Å². The fourth-order valence-electron chi connectivity index (χ4n) is 2.35. The summed E-state index contributed by atoms with van der Waals surface area (Å²) in [7, 11) is -2.40. The summed E-state index contributed by atoms with van der Waals surface area (Å²) >= 11 is 6.09. The molecule has 0 aliphatic carbocycles. The smallest absolute Gasteiger partial charge is 0.271 e. The van der Waals surface area contributed by atoms with E-state index in [1.54, 1.807) is 31.3 Å². The van der Waals surface area contributed by atoms with Crippen molar-refractivity contribution in [1.29, 1.82) is 0 Å². The summed E-state index contributed by atoms with van der Waals surface area (Å²) < 4.78 is 32.3. The Balaban J connectivity index is 2.32. The van der Waals surface area contributed by atoms with E-state index in [1.165, 1.54) is 23.2 Å². The molecule has 0 amide bonds. The summed E-state index contributed by atoms with van der Waals surface area (Å²) in [6.07, 6.45) is 1.56. The molecule has 3 rings (SSSR count). The molecule has 0 atom stereocenters. The highest BCUT2D eigenvalue weighted by molar-refractivity contribution is 7.90. The minimum absolute atomic E-state index is 0.0141. The van der Waals surface area contributed by atoms with Crippen LogP contribution in [0.15, 0.2) is 47.5 Å². The number of halogens is 1. The molecule has 1 aromatic carbocycles. The number of nitrogens with zero attached hydrogens (tertiary/aromatic N) is 2. The monoisotopic (exact) mass is 336 g/mol. The van der Waals surface area contributed by atoms with Crippen molar-refractivity contribution in [1.82, 2.24) is 8.96 Å². The molecule has 0 bridgehead atoms. The van der Waals surface area contributed by atoms with Gasteiger partial charge in [0, 0.05) is 23.3 Å². The fraction of sp³-hybridized carbons (Fsp3) is 0.133. The number of pyridine rings is 1. The molecule has 2 aromatic heterocycles. The number of rotatable bonds is 3. The Hall–Kier alpha value is -2.05. The van der Waals surface area contributed by atoms with Crippen molar-refractivity contribution in [2.75, 3.05) is 7.11 Å². The van der Waals surface area contributed by atoms with Crippen molar-refractivity contribution in [3.8, 4) is 5.75 Å². The molecule has 0 aliphatic rings. The summed E-state index contributed by atoms with van der Waals surface area (Å²) in [5, 5.41) is 0.889. The molecule has 2 heterocycles. The summed E-state index contributed by atoms with van der Waals surface area (Å²) in [4.78, 5) is 4.16. The third-order valence-electron chi connectivity index (χ3n) is 3.35. The third kappa shape index (κ3) is 2.24. The van der Waals surface area contributed by atoms with Gasteiger partial charge in [0.25, 0.3) is 10.0 Å². The van der Waals surface area contributed by atoms with Gasteiger partial charge in [0.2, 0.25) is 0 Å². The van der Waals surface area contributed by atoms with Gasteiger partial charge in [-0.05, 0) is 37.3 Å². The van der Waals surface area contributed by atoms with E-state index in [9.17, 15) is 8.42 Å². The first kappa shape index (κ1) is 14.9. The number of ether oxygens (including phenoxy) is 1. The Morgan fingerprint density at radius 1 is 1.23 bits per heavy atom. The Morgan fingerprint density at radius 3 is 2.73 bits per heavy atom. The highest BCUT2D eigenvalue weighted by Crippen LogP contribution is 2.30. The molecule has 3 aromatic rings. The zero-order chi connectivity index (χ0) is 15.9. The van der Waals surface area contributed by atoms with Crippen molar-refractivity contribution < 1.29 is 13.2 Å². The zero-order valence-corrected chi connectivity index (χ0v) is 13.5. The van der Waals surface area contributed by atoms with Crippen LogP contribution in [0.2, 0.25) is 5.02 Å². The average Bonchev–Trinajstić information content (AvgIpc) is 2.84. The van der Waals surface area contributed by atoms with E-state index < -0.39 is 10.0 Å². The lowest BCUT2D eigenvalue weighted by molar-refractivity contribution is 0.413. The van der Waals surface area contributed by atoms with Crippen LogP contribution >= 0.6 is 11.6 Å². The Labute approximate surface area is 133 Å². The van der Waals surface area contributed by atoms with E-state index in [4.69, 9.17) is 16.3 Å². The topological polar surface area (TPSA) is 61.2 Å². The molecule has 114 valence electrons. The van der Waals surface area contributed by atoms with Gasteiger partial charge in [-0.2, -0.15) is 0 Å². The predicted octanol–water partition coefficient (Wildman–Crippen LogP) is 3.24. The second-order valence-corrected chi connectivity index (χ2v) is 6.93. The zero-order valence-electron chi connectivity index (χ0n) is 11.9. The van der Waals surface area contributed by atoms with Crippen molar-refractivity contribution >= 4 is 32.7 Å². The quantitative estimate of drug-likeness (QED) is 0.736. The second kappa shape index (κ2) is 5.30. The lowest BCUT2D eigenvalue weighted by Crippen LogP contribution is -2.15. The molecule has 5 nitrogen and oxygen atoms in total. The molecule has 0 unspecified atom stereocenters. The van der Waals surface area contributed by atoms with Crippen LogP contribution in [0.25, 0.3) is 11.0 Å². The van der Waals surface area contributed by atoms with Crippen LogP contribution in [0.4, 0.5) is 0 Å². The van der Waals surface area contributed by atoms with Gasteiger partial charge in [-0.1, -0.05) is 11.6 Å². The number of benzene rings is 1. The number of hydrogen-bond acceptors (Lipinski definition) is 4. The maximum atomic E-state index is 13.0. The Bertz CT molecular complexity index is 964. The number of fused-ring (bicyclic) bond motifs is 1. The van der Waals surface area contributed by atoms with Crippen LogP contribution in [0.5, 0.6) is 5.75 Å². The highest BCUT2D eigenvalue weighted by Gasteiger charge is 2.25. The Morgan fingerprint density at radius 2 is 2.00 bits per heavy atom. The van der Waals surface area contributed by atoms with Crippen molar-refractivity contribution in [3.63, 3.8) is 0 Å². The molecule has 0 spiro atoms. The van der Waals surface area contributed by atoms with E-state index in [-0.39, 0.29) is 9.92 Å². The van der Waals surface area contributed by atoms with E-state index in [0.29, 0.717) is 17.1 Å². The van der Waals surface area contributed by atoms with Gasteiger partial charge >= 0.3 is 0 Å². The van der Waals surface area contributed by atoms with E-state index >= 15 is 0 Å². The minimum atomic E-state index is -3.87. The van der Waals surface area contributed by atoms with Crippen LogP contribution in [-0.4, -0.2) is 24.5 Å². The van der Waals surface area contributed by atoms with Gasteiger partial charge in [-0.25, -0.2) is 17.4 Å². The molecule has 0 N–H and O–H groups in total. The molecular weight excluding hydrogens is 324 g/mol. The molecular formula is C15H13ClN2O3S. The van der Waals surface area contributed by atoms with Crippen molar-refractivity contribution in [3.05, 3.63) is 53.3 Å². The van der Waals surface area contributed by atoms with Crippen LogP contribution in [-0.2, 0) is 10.0 Å². The predicted molar refractivity (Wildman–Crippen MR) is 85.1 cm³/mol. The van der Waals surface area contributed by atoms with Crippen LogP contribution < -0.4 is 4.74 Å². The number of aryl methyl sites for hydroxylation is 1. The largest absolute Gasteiger partial charge is 0.497 e. The molecule has 22 heavy (non-hydrogen) atoms. The summed E-state index contributed by atoms with van der Waals surface area (Å²) in [5.74, 6) is 0.421. The SMILES string of the molecule is COc1ccc(Cl)c(S(=O)(=O)n2c(C)cc3cccnc32)c1. The fourth-order valence-corrected chi connectivity index (χ4v) is 4.35. The van der Waals surface area contributed by atoms with Crippen LogP contribution in [0, 0.1) is 6.92 Å². The summed E-state index contributed by atoms with van der Waals surface area (Å²) in [6.45, 7) is 1.72. The molecule has 0 radical (unpaired) electrons. The highest BCUT2D eigenvalue weighted by atomic mass is 35.5. The lowest BCUT2D eigenvalue weighted by atomic mass is 10.3. The summed E-state index contributed by atoms with van der Waals surface area (Å²) in [6, 6.07) is 9.87. The maximum absolute atomic E-state index is 13.0. The number of methoxy groups -OCH3 is 1. The van der Waals surface area contributed by atoms with Crippen LogP contribution in [0.1, 0.15) is 5.69 Å². The molecule has 0 aliphatic heterocycles. The van der Waals surface area contributed by atoms with E-state index in [0.717, 1.165) is 5.39 Å². The van der Waals surface area contributed by atoms with Crippen molar-refractivity contribution in [2.45, 2.75) is 11.8 Å². The van der Waals surface area contributed by atoms with Crippen LogP contribution in [0.3, 0.4) is 0 Å². The molecule has 0 saturated carbocycles. The van der Waals surface area contributed by atoms with Gasteiger partial charge in [-0.3, -0.25) is 0 Å². The van der Waals surface area contributed by atoms with Gasteiger partial charge < -0.3 is 4.74 Å². The maximum Gasteiger partial charge on any atom is 0.271 e. The number of aromatic nitrogens is 2. The average molecular weight is 337 g/mol. The first-order valence-corrected chi connectivity index (χ1v) is 8.29. The molecule has 0 saturated heterocycles. The minimum Gasteiger partial charge on any atom is -0.497 e. The van der Waals surface area contributed by atoms with Gasteiger partial charge in [0.05, 0.1) is 12.1 Å². The Kier molecular flexibility index (Phi) is 3.58. The standard InChI is InChI=1S/C15H13ClN2O3S/c1-10-8-11-4-3-7-17-15(11)18(10)22(19,20)14-9-12(21-2)5-6-13(14)16/h3-9H,1-2H3. The molecule has 7 heteroatoms.